The number of nitrogens with zero attached hydrogens (tertiary/aromatic N) is 1. The zero-order valence-electron chi connectivity index (χ0n) is 13.4. The van der Waals surface area contributed by atoms with Gasteiger partial charge in [-0.25, -0.2) is 4.39 Å². The predicted octanol–water partition coefficient (Wildman–Crippen LogP) is 3.90. The number of likely N-dealkylation sites (tertiary alicyclic amines) is 1. The van der Waals surface area contributed by atoms with Crippen LogP contribution in [-0.4, -0.2) is 29.3 Å². The zero-order valence-corrected chi connectivity index (χ0v) is 13.4. The Bertz CT molecular complexity index is 502. The number of benzene rings is 1. The summed E-state index contributed by atoms with van der Waals surface area (Å²) in [5, 5.41) is 0. The summed E-state index contributed by atoms with van der Waals surface area (Å²) >= 11 is 0. The van der Waals surface area contributed by atoms with Crippen LogP contribution in [0.1, 0.15) is 50.7 Å². The Labute approximate surface area is 127 Å². The molecule has 0 aromatic heterocycles. The third-order valence-corrected chi connectivity index (χ3v) is 5.06. The zero-order chi connectivity index (χ0) is 15.5. The summed E-state index contributed by atoms with van der Waals surface area (Å²) in [6.07, 6.45) is 4.34. The van der Waals surface area contributed by atoms with Crippen molar-refractivity contribution in [2.45, 2.75) is 58.4 Å². The van der Waals surface area contributed by atoms with Crippen LogP contribution in [0.15, 0.2) is 18.2 Å². The lowest BCUT2D eigenvalue weighted by Gasteiger charge is -2.39. The highest BCUT2D eigenvalue weighted by molar-refractivity contribution is 5.90. The topological polar surface area (TPSA) is 20.3 Å². The molecule has 1 aliphatic rings. The molecule has 1 saturated heterocycles. The second kappa shape index (κ2) is 6.69. The molecule has 1 aromatic carbocycles. The van der Waals surface area contributed by atoms with Crippen LogP contribution in [0.2, 0.25) is 0 Å². The Hall–Kier alpha value is -1.22. The minimum atomic E-state index is -0.366. The lowest BCUT2D eigenvalue weighted by Crippen LogP contribution is -2.53. The van der Waals surface area contributed by atoms with E-state index in [1.54, 1.807) is 6.07 Å². The molecule has 116 valence electrons. The first-order chi connectivity index (χ1) is 10.0. The Morgan fingerprint density at radius 1 is 1.24 bits per heavy atom. The van der Waals surface area contributed by atoms with E-state index in [0.717, 1.165) is 37.1 Å². The molecular formula is C18H26FNO. The van der Waals surface area contributed by atoms with Gasteiger partial charge in [0.25, 0.3) is 0 Å². The highest BCUT2D eigenvalue weighted by Crippen LogP contribution is 2.30. The molecule has 2 rings (SSSR count). The van der Waals surface area contributed by atoms with E-state index in [1.807, 2.05) is 6.92 Å². The second-order valence-corrected chi connectivity index (χ2v) is 6.10. The summed E-state index contributed by atoms with van der Waals surface area (Å²) < 4.78 is 13.4. The Morgan fingerprint density at radius 2 is 1.86 bits per heavy atom. The molecule has 0 N–H and O–H groups in total. The summed E-state index contributed by atoms with van der Waals surface area (Å²) in [4.78, 5) is 15.3. The van der Waals surface area contributed by atoms with Crippen molar-refractivity contribution in [2.75, 3.05) is 13.1 Å². The minimum Gasteiger partial charge on any atom is -0.297 e. The molecule has 0 amide bonds. The van der Waals surface area contributed by atoms with E-state index in [-0.39, 0.29) is 17.1 Å². The van der Waals surface area contributed by atoms with Crippen LogP contribution in [0.3, 0.4) is 0 Å². The van der Waals surface area contributed by atoms with Crippen LogP contribution in [0.5, 0.6) is 0 Å². The molecular weight excluding hydrogens is 265 g/mol. The molecule has 0 saturated carbocycles. The van der Waals surface area contributed by atoms with Crippen molar-refractivity contribution in [3.8, 4) is 0 Å². The SMILES string of the molecule is CCC(CC)(C(=O)Cc1cc(F)ccc1C)N1CCCC1. The number of hydrogen-bond donors (Lipinski definition) is 0. The van der Waals surface area contributed by atoms with Gasteiger partial charge in [-0.05, 0) is 69.0 Å². The van der Waals surface area contributed by atoms with Crippen molar-refractivity contribution in [1.29, 1.82) is 0 Å². The molecule has 0 bridgehead atoms. The monoisotopic (exact) mass is 291 g/mol. The van der Waals surface area contributed by atoms with Crippen LogP contribution in [-0.2, 0) is 11.2 Å². The van der Waals surface area contributed by atoms with Gasteiger partial charge in [0.1, 0.15) is 5.82 Å². The Balaban J connectivity index is 2.24. The van der Waals surface area contributed by atoms with E-state index in [4.69, 9.17) is 0 Å². The Morgan fingerprint density at radius 3 is 2.43 bits per heavy atom. The first-order valence-electron chi connectivity index (χ1n) is 8.07. The number of Topliss-reactive ketones (excluding diaryl/α,β-unsaturated/α-hetero) is 1. The lowest BCUT2D eigenvalue weighted by atomic mass is 9.82. The molecule has 1 heterocycles. The van der Waals surface area contributed by atoms with Gasteiger partial charge in [0.2, 0.25) is 0 Å². The Kier molecular flexibility index (Phi) is 5.15. The van der Waals surface area contributed by atoms with Crippen LogP contribution in [0.25, 0.3) is 0 Å². The number of hydrogen-bond acceptors (Lipinski definition) is 2. The molecule has 0 atom stereocenters. The van der Waals surface area contributed by atoms with E-state index in [2.05, 4.69) is 18.7 Å². The van der Waals surface area contributed by atoms with Crippen LogP contribution in [0.4, 0.5) is 4.39 Å². The van der Waals surface area contributed by atoms with Crippen molar-refractivity contribution < 1.29 is 9.18 Å². The van der Waals surface area contributed by atoms with Crippen LogP contribution < -0.4 is 0 Å². The molecule has 2 nitrogen and oxygen atoms in total. The van der Waals surface area contributed by atoms with E-state index in [0.29, 0.717) is 6.42 Å². The third-order valence-electron chi connectivity index (χ3n) is 5.06. The average Bonchev–Trinajstić information content (AvgIpc) is 2.99. The molecule has 0 radical (unpaired) electrons. The molecule has 0 spiro atoms. The summed E-state index contributed by atoms with van der Waals surface area (Å²) in [5.74, 6) is -0.0220. The van der Waals surface area contributed by atoms with Crippen molar-refractivity contribution in [3.05, 3.63) is 35.1 Å². The maximum Gasteiger partial charge on any atom is 0.157 e. The van der Waals surface area contributed by atoms with E-state index < -0.39 is 0 Å². The smallest absolute Gasteiger partial charge is 0.157 e. The fraction of sp³-hybridized carbons (Fsp3) is 0.611. The molecule has 1 aliphatic heterocycles. The minimum absolute atomic E-state index is 0.239. The van der Waals surface area contributed by atoms with Gasteiger partial charge in [0.05, 0.1) is 5.54 Å². The normalized spacial score (nSPS) is 16.4. The number of carbonyl (C=O) groups is 1. The van der Waals surface area contributed by atoms with Gasteiger partial charge in [0.15, 0.2) is 5.78 Å². The number of halogens is 1. The number of aryl methyl sites for hydroxylation is 1. The van der Waals surface area contributed by atoms with Crippen molar-refractivity contribution in [3.63, 3.8) is 0 Å². The van der Waals surface area contributed by atoms with Crippen molar-refractivity contribution in [1.82, 2.24) is 4.90 Å². The van der Waals surface area contributed by atoms with Gasteiger partial charge >= 0.3 is 0 Å². The largest absolute Gasteiger partial charge is 0.297 e. The van der Waals surface area contributed by atoms with Crippen molar-refractivity contribution in [2.24, 2.45) is 0 Å². The van der Waals surface area contributed by atoms with E-state index >= 15 is 0 Å². The molecule has 21 heavy (non-hydrogen) atoms. The average molecular weight is 291 g/mol. The quantitative estimate of drug-likeness (QED) is 0.792. The lowest BCUT2D eigenvalue weighted by molar-refractivity contribution is -0.130. The molecule has 1 aromatic rings. The van der Waals surface area contributed by atoms with Crippen molar-refractivity contribution >= 4 is 5.78 Å². The van der Waals surface area contributed by atoms with Gasteiger partial charge in [-0.3, -0.25) is 9.69 Å². The molecule has 0 aliphatic carbocycles. The maximum absolute atomic E-state index is 13.4. The van der Waals surface area contributed by atoms with E-state index in [1.165, 1.54) is 25.0 Å². The second-order valence-electron chi connectivity index (χ2n) is 6.10. The first-order valence-corrected chi connectivity index (χ1v) is 8.07. The number of ketones is 1. The van der Waals surface area contributed by atoms with Gasteiger partial charge in [-0.2, -0.15) is 0 Å². The van der Waals surface area contributed by atoms with E-state index in [9.17, 15) is 9.18 Å². The number of rotatable bonds is 6. The van der Waals surface area contributed by atoms with Gasteiger partial charge in [-0.15, -0.1) is 0 Å². The first kappa shape index (κ1) is 16.2. The fourth-order valence-electron chi connectivity index (χ4n) is 3.58. The summed E-state index contributed by atoms with van der Waals surface area (Å²) in [6, 6.07) is 4.72. The van der Waals surface area contributed by atoms with Gasteiger partial charge in [0, 0.05) is 6.42 Å². The highest BCUT2D eigenvalue weighted by Gasteiger charge is 2.41. The summed E-state index contributed by atoms with van der Waals surface area (Å²) in [7, 11) is 0. The molecule has 3 heteroatoms. The molecule has 0 unspecified atom stereocenters. The highest BCUT2D eigenvalue weighted by atomic mass is 19.1. The summed E-state index contributed by atoms with van der Waals surface area (Å²) in [5.41, 5.74) is 1.45. The molecule has 1 fully saturated rings. The van der Waals surface area contributed by atoms with Gasteiger partial charge in [-0.1, -0.05) is 19.9 Å². The number of carbonyl (C=O) groups excluding carboxylic acids is 1. The van der Waals surface area contributed by atoms with Crippen LogP contribution >= 0.6 is 0 Å². The van der Waals surface area contributed by atoms with Gasteiger partial charge < -0.3 is 0 Å². The standard InChI is InChI=1S/C18H26FNO/c1-4-18(5-2,20-10-6-7-11-20)17(21)13-15-12-16(19)9-8-14(15)3/h8-9,12H,4-7,10-11,13H2,1-3H3. The third kappa shape index (κ3) is 3.18. The summed E-state index contributed by atoms with van der Waals surface area (Å²) in [6.45, 7) is 8.15. The van der Waals surface area contributed by atoms with Crippen LogP contribution in [0, 0.1) is 12.7 Å². The predicted molar refractivity (Wildman–Crippen MR) is 84.0 cm³/mol. The fourth-order valence-corrected chi connectivity index (χ4v) is 3.58. The maximum atomic E-state index is 13.4.